The standard InChI is InChI=1S/C12H17N3S2/c1-9-3-4-10(11(13)16)12(14-9)15-5-2-7-17-8-6-15/h3-4H,2,5-8H2,1H3,(H2,13,16). The molecule has 2 heterocycles. The van der Waals surface area contributed by atoms with Crippen LogP contribution in [-0.4, -0.2) is 34.6 Å². The molecule has 1 aliphatic heterocycles. The molecule has 0 unspecified atom stereocenters. The monoisotopic (exact) mass is 267 g/mol. The summed E-state index contributed by atoms with van der Waals surface area (Å²) in [4.78, 5) is 7.35. The average Bonchev–Trinajstić information content (AvgIpc) is 2.56. The molecule has 2 N–H and O–H groups in total. The lowest BCUT2D eigenvalue weighted by molar-refractivity contribution is 0.798. The summed E-state index contributed by atoms with van der Waals surface area (Å²) >= 11 is 7.10. The van der Waals surface area contributed by atoms with E-state index in [0.29, 0.717) is 4.99 Å². The Morgan fingerprint density at radius 3 is 3.00 bits per heavy atom. The molecule has 0 amide bonds. The molecule has 0 aliphatic carbocycles. The molecule has 2 rings (SSSR count). The first-order valence-corrected chi connectivity index (χ1v) is 7.35. The van der Waals surface area contributed by atoms with Gasteiger partial charge in [0, 0.05) is 24.5 Å². The number of thioether (sulfide) groups is 1. The van der Waals surface area contributed by atoms with Crippen LogP contribution < -0.4 is 10.6 Å². The smallest absolute Gasteiger partial charge is 0.139 e. The summed E-state index contributed by atoms with van der Waals surface area (Å²) < 4.78 is 0. The zero-order valence-corrected chi connectivity index (χ0v) is 11.6. The fraction of sp³-hybridized carbons (Fsp3) is 0.500. The number of nitrogens with zero attached hydrogens (tertiary/aromatic N) is 2. The lowest BCUT2D eigenvalue weighted by atomic mass is 10.2. The molecule has 0 spiro atoms. The van der Waals surface area contributed by atoms with E-state index in [4.69, 9.17) is 18.0 Å². The lowest BCUT2D eigenvalue weighted by Crippen LogP contribution is -2.29. The van der Waals surface area contributed by atoms with Gasteiger partial charge in [-0.3, -0.25) is 0 Å². The number of nitrogens with two attached hydrogens (primary N) is 1. The topological polar surface area (TPSA) is 42.1 Å². The second kappa shape index (κ2) is 5.69. The number of pyridine rings is 1. The van der Waals surface area contributed by atoms with E-state index in [2.05, 4.69) is 9.88 Å². The number of hydrogen-bond acceptors (Lipinski definition) is 4. The largest absolute Gasteiger partial charge is 0.389 e. The van der Waals surface area contributed by atoms with Gasteiger partial charge in [0.15, 0.2) is 0 Å². The van der Waals surface area contributed by atoms with E-state index >= 15 is 0 Å². The number of thiocarbonyl (C=S) groups is 1. The molecule has 1 aromatic rings. The molecule has 17 heavy (non-hydrogen) atoms. The SMILES string of the molecule is Cc1ccc(C(N)=S)c(N2CCCSCC2)n1. The molecular weight excluding hydrogens is 250 g/mol. The number of aryl methyl sites for hydroxylation is 1. The second-order valence-electron chi connectivity index (χ2n) is 4.14. The van der Waals surface area contributed by atoms with Gasteiger partial charge < -0.3 is 10.6 Å². The van der Waals surface area contributed by atoms with Crippen molar-refractivity contribution in [1.82, 2.24) is 4.98 Å². The van der Waals surface area contributed by atoms with Gasteiger partial charge in [0.25, 0.3) is 0 Å². The van der Waals surface area contributed by atoms with Crippen LogP contribution in [0.4, 0.5) is 5.82 Å². The van der Waals surface area contributed by atoms with E-state index in [1.54, 1.807) is 0 Å². The second-order valence-corrected chi connectivity index (χ2v) is 5.81. The normalized spacial score (nSPS) is 16.6. The molecular formula is C12H17N3S2. The maximum absolute atomic E-state index is 5.77. The first-order valence-electron chi connectivity index (χ1n) is 5.78. The minimum Gasteiger partial charge on any atom is -0.389 e. The van der Waals surface area contributed by atoms with Crippen molar-refractivity contribution >= 4 is 34.8 Å². The highest BCUT2D eigenvalue weighted by molar-refractivity contribution is 7.99. The molecule has 1 aromatic heterocycles. The minimum absolute atomic E-state index is 0.435. The van der Waals surface area contributed by atoms with Gasteiger partial charge in [-0.05, 0) is 31.2 Å². The molecule has 3 nitrogen and oxygen atoms in total. The van der Waals surface area contributed by atoms with Crippen molar-refractivity contribution in [2.45, 2.75) is 13.3 Å². The van der Waals surface area contributed by atoms with Gasteiger partial charge in [0.2, 0.25) is 0 Å². The van der Waals surface area contributed by atoms with E-state index in [-0.39, 0.29) is 0 Å². The van der Waals surface area contributed by atoms with Crippen LogP contribution in [-0.2, 0) is 0 Å². The Hall–Kier alpha value is -0.810. The van der Waals surface area contributed by atoms with Crippen molar-refractivity contribution < 1.29 is 0 Å². The van der Waals surface area contributed by atoms with Gasteiger partial charge in [-0.1, -0.05) is 12.2 Å². The van der Waals surface area contributed by atoms with E-state index in [0.717, 1.165) is 35.9 Å². The van der Waals surface area contributed by atoms with Gasteiger partial charge in [0.1, 0.15) is 10.8 Å². The van der Waals surface area contributed by atoms with Crippen LogP contribution >= 0.6 is 24.0 Å². The van der Waals surface area contributed by atoms with E-state index < -0.39 is 0 Å². The predicted octanol–water partition coefficient (Wildman–Crippen LogP) is 1.97. The fourth-order valence-corrected chi connectivity index (χ4v) is 2.98. The van der Waals surface area contributed by atoms with Crippen molar-refractivity contribution in [3.05, 3.63) is 23.4 Å². The van der Waals surface area contributed by atoms with E-state index in [1.165, 1.54) is 12.2 Å². The van der Waals surface area contributed by atoms with Gasteiger partial charge in [-0.15, -0.1) is 0 Å². The minimum atomic E-state index is 0.435. The molecule has 1 fully saturated rings. The number of aromatic nitrogens is 1. The Morgan fingerprint density at radius 1 is 1.41 bits per heavy atom. The Bertz CT molecular complexity index is 412. The van der Waals surface area contributed by atoms with Crippen molar-refractivity contribution in [3.63, 3.8) is 0 Å². The first kappa shape index (κ1) is 12.6. The summed E-state index contributed by atoms with van der Waals surface area (Å²) in [5.41, 5.74) is 7.68. The summed E-state index contributed by atoms with van der Waals surface area (Å²) in [7, 11) is 0. The Labute approximate surface area is 112 Å². The molecule has 0 bridgehead atoms. The van der Waals surface area contributed by atoms with Gasteiger partial charge in [-0.2, -0.15) is 11.8 Å². The first-order chi connectivity index (χ1) is 8.18. The third-order valence-corrected chi connectivity index (χ3v) is 4.07. The van der Waals surface area contributed by atoms with E-state index in [1.807, 2.05) is 30.8 Å². The summed E-state index contributed by atoms with van der Waals surface area (Å²) in [5.74, 6) is 3.33. The van der Waals surface area contributed by atoms with Crippen molar-refractivity contribution in [2.24, 2.45) is 5.73 Å². The Balaban J connectivity index is 2.34. The lowest BCUT2D eigenvalue weighted by Gasteiger charge is -2.23. The maximum Gasteiger partial charge on any atom is 0.139 e. The van der Waals surface area contributed by atoms with Crippen LogP contribution in [0.15, 0.2) is 12.1 Å². The highest BCUT2D eigenvalue weighted by Gasteiger charge is 2.16. The predicted molar refractivity (Wildman–Crippen MR) is 79.0 cm³/mol. The molecule has 0 saturated carbocycles. The van der Waals surface area contributed by atoms with Crippen LogP contribution in [0.1, 0.15) is 17.7 Å². The summed E-state index contributed by atoms with van der Waals surface area (Å²) in [5, 5.41) is 0. The van der Waals surface area contributed by atoms with Crippen molar-refractivity contribution in [1.29, 1.82) is 0 Å². The molecule has 0 aromatic carbocycles. The quantitative estimate of drug-likeness (QED) is 0.830. The fourth-order valence-electron chi connectivity index (χ4n) is 1.93. The maximum atomic E-state index is 5.77. The summed E-state index contributed by atoms with van der Waals surface area (Å²) in [6, 6.07) is 3.95. The third kappa shape index (κ3) is 3.10. The molecule has 1 aliphatic rings. The van der Waals surface area contributed by atoms with Gasteiger partial charge in [-0.25, -0.2) is 4.98 Å². The highest BCUT2D eigenvalue weighted by atomic mass is 32.2. The zero-order chi connectivity index (χ0) is 12.3. The summed E-state index contributed by atoms with van der Waals surface area (Å²) in [6.45, 7) is 4.06. The molecule has 92 valence electrons. The number of rotatable bonds is 2. The number of anilines is 1. The highest BCUT2D eigenvalue weighted by Crippen LogP contribution is 2.21. The number of hydrogen-bond donors (Lipinski definition) is 1. The van der Waals surface area contributed by atoms with Gasteiger partial charge >= 0.3 is 0 Å². The third-order valence-electron chi connectivity index (χ3n) is 2.80. The molecule has 1 saturated heterocycles. The Morgan fingerprint density at radius 2 is 2.24 bits per heavy atom. The molecule has 0 radical (unpaired) electrons. The van der Waals surface area contributed by atoms with Gasteiger partial charge in [0.05, 0.1) is 5.56 Å². The molecule has 0 atom stereocenters. The summed E-state index contributed by atoms with van der Waals surface area (Å²) in [6.07, 6.45) is 1.19. The van der Waals surface area contributed by atoms with Crippen LogP contribution in [0.5, 0.6) is 0 Å². The van der Waals surface area contributed by atoms with Crippen LogP contribution in [0.3, 0.4) is 0 Å². The Kier molecular flexibility index (Phi) is 4.23. The zero-order valence-electron chi connectivity index (χ0n) is 9.98. The van der Waals surface area contributed by atoms with Crippen molar-refractivity contribution in [3.8, 4) is 0 Å². The van der Waals surface area contributed by atoms with Crippen LogP contribution in [0, 0.1) is 6.92 Å². The average molecular weight is 267 g/mol. The van der Waals surface area contributed by atoms with Crippen LogP contribution in [0.2, 0.25) is 0 Å². The van der Waals surface area contributed by atoms with Crippen LogP contribution in [0.25, 0.3) is 0 Å². The molecule has 5 heteroatoms. The van der Waals surface area contributed by atoms with Crippen molar-refractivity contribution in [2.75, 3.05) is 29.5 Å². The van der Waals surface area contributed by atoms with E-state index in [9.17, 15) is 0 Å².